The van der Waals surface area contributed by atoms with Gasteiger partial charge in [-0.2, -0.15) is 0 Å². The van der Waals surface area contributed by atoms with Crippen molar-refractivity contribution in [1.29, 1.82) is 0 Å². The maximum absolute atomic E-state index is 14.3. The van der Waals surface area contributed by atoms with E-state index in [1.165, 1.54) is 36.1 Å². The van der Waals surface area contributed by atoms with E-state index in [1.54, 1.807) is 41.0 Å². The minimum Gasteiger partial charge on any atom is -0.465 e. The molecule has 1 aliphatic carbocycles. The number of fused-ring (bicyclic) bond motifs is 1. The van der Waals surface area contributed by atoms with Gasteiger partial charge in [0.05, 0.1) is 11.6 Å². The van der Waals surface area contributed by atoms with Crippen LogP contribution in [0.2, 0.25) is 5.02 Å². The molecule has 3 aromatic carbocycles. The number of Topliss-reactive ketones (excluding diaryl/α,β-unsaturated/α-hetero) is 1. The van der Waals surface area contributed by atoms with E-state index in [1.807, 2.05) is 20.8 Å². The van der Waals surface area contributed by atoms with Crippen molar-refractivity contribution >= 4 is 63.5 Å². The molecule has 0 atom stereocenters. The van der Waals surface area contributed by atoms with Crippen LogP contribution >= 0.6 is 11.6 Å². The number of aromatic nitrogens is 1. The molecule has 4 amide bonds. The van der Waals surface area contributed by atoms with Gasteiger partial charge in [-0.1, -0.05) is 50.6 Å². The van der Waals surface area contributed by atoms with Crippen LogP contribution in [0.4, 0.5) is 20.6 Å². The van der Waals surface area contributed by atoms with E-state index in [0.717, 1.165) is 12.8 Å². The SMILES string of the molecule is CC(=O)c1c(C(C)(C)C)n(CC(=O)N(CC(=O)NCc2cccc(Cl)c2F)C2CC2)c2ccc(NC(=O)c3cccc(NC(=O)O)c3)cc12. The van der Waals surface area contributed by atoms with Gasteiger partial charge in [0.25, 0.3) is 5.91 Å². The van der Waals surface area contributed by atoms with Crippen LogP contribution in [0.1, 0.15) is 72.5 Å². The van der Waals surface area contributed by atoms with E-state index in [0.29, 0.717) is 27.8 Å². The Morgan fingerprint density at radius 3 is 2.33 bits per heavy atom. The second-order valence-electron chi connectivity index (χ2n) is 13.1. The summed E-state index contributed by atoms with van der Waals surface area (Å²) in [6.45, 7) is 6.84. The fourth-order valence-electron chi connectivity index (χ4n) is 5.92. The number of hydrogen-bond donors (Lipinski definition) is 4. The van der Waals surface area contributed by atoms with Crippen LogP contribution in [0.15, 0.2) is 60.7 Å². The highest BCUT2D eigenvalue weighted by atomic mass is 35.5. The molecule has 0 bridgehead atoms. The van der Waals surface area contributed by atoms with Gasteiger partial charge >= 0.3 is 6.09 Å². The highest BCUT2D eigenvalue weighted by Gasteiger charge is 2.36. The molecule has 0 unspecified atom stereocenters. The van der Waals surface area contributed by atoms with E-state index < -0.39 is 29.1 Å². The number of carbonyl (C=O) groups is 5. The number of hydrogen-bond acceptors (Lipinski definition) is 5. The van der Waals surface area contributed by atoms with Crippen LogP contribution in [0.25, 0.3) is 10.9 Å². The molecule has 5 rings (SSSR count). The molecular formula is C36H37ClFN5O6. The number of nitrogens with zero attached hydrogens (tertiary/aromatic N) is 2. The van der Waals surface area contributed by atoms with Crippen molar-refractivity contribution in [2.75, 3.05) is 17.2 Å². The highest BCUT2D eigenvalue weighted by molar-refractivity contribution is 6.30. The second kappa shape index (κ2) is 14.1. The van der Waals surface area contributed by atoms with Crippen molar-refractivity contribution in [2.24, 2.45) is 0 Å². The van der Waals surface area contributed by atoms with Gasteiger partial charge in [-0.15, -0.1) is 0 Å². The first-order chi connectivity index (χ1) is 23.1. The van der Waals surface area contributed by atoms with E-state index in [2.05, 4.69) is 16.0 Å². The van der Waals surface area contributed by atoms with E-state index in [9.17, 15) is 28.4 Å². The maximum Gasteiger partial charge on any atom is 0.409 e. The summed E-state index contributed by atoms with van der Waals surface area (Å²) in [4.78, 5) is 65.8. The van der Waals surface area contributed by atoms with E-state index in [-0.39, 0.29) is 59.2 Å². The average molecular weight is 690 g/mol. The third kappa shape index (κ3) is 8.09. The summed E-state index contributed by atoms with van der Waals surface area (Å²) in [6.07, 6.45) is 0.237. The Morgan fingerprint density at radius 1 is 0.980 bits per heavy atom. The smallest absolute Gasteiger partial charge is 0.409 e. The van der Waals surface area contributed by atoms with Gasteiger partial charge < -0.3 is 25.2 Å². The second-order valence-corrected chi connectivity index (χ2v) is 13.5. The van der Waals surface area contributed by atoms with Crippen LogP contribution in [-0.2, 0) is 28.1 Å². The number of benzene rings is 3. The first-order valence-electron chi connectivity index (χ1n) is 15.7. The Morgan fingerprint density at radius 2 is 1.67 bits per heavy atom. The van der Waals surface area contributed by atoms with Crippen LogP contribution in [0, 0.1) is 5.82 Å². The van der Waals surface area contributed by atoms with Crippen molar-refractivity contribution in [1.82, 2.24) is 14.8 Å². The topological polar surface area (TPSA) is 150 Å². The normalized spacial score (nSPS) is 12.8. The molecule has 49 heavy (non-hydrogen) atoms. The van der Waals surface area contributed by atoms with Crippen molar-refractivity contribution < 1.29 is 33.5 Å². The molecule has 1 aliphatic rings. The fraction of sp³-hybridized carbons (Fsp3) is 0.306. The van der Waals surface area contributed by atoms with Crippen molar-refractivity contribution in [3.8, 4) is 0 Å². The molecule has 1 fully saturated rings. The van der Waals surface area contributed by atoms with E-state index in [4.69, 9.17) is 16.7 Å². The Labute approximate surface area is 287 Å². The number of ketones is 1. The van der Waals surface area contributed by atoms with E-state index >= 15 is 0 Å². The lowest BCUT2D eigenvalue weighted by molar-refractivity contribution is -0.137. The molecule has 0 spiro atoms. The van der Waals surface area contributed by atoms with Crippen LogP contribution < -0.4 is 16.0 Å². The molecule has 256 valence electrons. The van der Waals surface area contributed by atoms with Gasteiger partial charge in [0.2, 0.25) is 11.8 Å². The predicted molar refractivity (Wildman–Crippen MR) is 185 cm³/mol. The molecule has 1 heterocycles. The molecule has 1 aromatic heterocycles. The third-order valence-electron chi connectivity index (χ3n) is 8.18. The van der Waals surface area contributed by atoms with Crippen molar-refractivity contribution in [2.45, 2.75) is 65.1 Å². The lowest BCUT2D eigenvalue weighted by Crippen LogP contribution is -2.43. The number of nitrogens with one attached hydrogen (secondary N) is 3. The molecule has 1 saturated carbocycles. The summed E-state index contributed by atoms with van der Waals surface area (Å²) >= 11 is 5.86. The predicted octanol–water partition coefficient (Wildman–Crippen LogP) is 6.58. The van der Waals surface area contributed by atoms with Crippen molar-refractivity contribution in [3.63, 3.8) is 0 Å². The Kier molecular flexibility index (Phi) is 10.1. The van der Waals surface area contributed by atoms with Crippen LogP contribution in [0.5, 0.6) is 0 Å². The monoisotopic (exact) mass is 689 g/mol. The van der Waals surface area contributed by atoms with Crippen molar-refractivity contribution in [3.05, 3.63) is 93.9 Å². The number of carbonyl (C=O) groups excluding carboxylic acids is 4. The number of amides is 4. The largest absolute Gasteiger partial charge is 0.465 e. The van der Waals surface area contributed by atoms with Gasteiger partial charge in [0.1, 0.15) is 12.4 Å². The lowest BCUT2D eigenvalue weighted by Gasteiger charge is -2.26. The molecule has 0 aliphatic heterocycles. The first kappa shape index (κ1) is 35.1. The zero-order chi connectivity index (χ0) is 35.6. The van der Waals surface area contributed by atoms with Gasteiger partial charge in [-0.25, -0.2) is 9.18 Å². The molecular weight excluding hydrogens is 653 g/mol. The molecule has 11 nitrogen and oxygen atoms in total. The highest BCUT2D eigenvalue weighted by Crippen LogP contribution is 2.37. The Hall–Kier alpha value is -5.23. The third-order valence-corrected chi connectivity index (χ3v) is 8.47. The summed E-state index contributed by atoms with van der Waals surface area (Å²) in [7, 11) is 0. The number of rotatable bonds is 11. The van der Waals surface area contributed by atoms with Gasteiger partial charge in [0.15, 0.2) is 5.78 Å². The number of anilines is 2. The summed E-state index contributed by atoms with van der Waals surface area (Å²) in [5, 5.41) is 17.2. The van der Waals surface area contributed by atoms with Gasteiger partial charge in [0, 0.05) is 62.7 Å². The summed E-state index contributed by atoms with van der Waals surface area (Å²) < 4.78 is 16.1. The summed E-state index contributed by atoms with van der Waals surface area (Å²) in [6, 6.07) is 15.5. The quantitative estimate of drug-likeness (QED) is 0.131. The maximum atomic E-state index is 14.3. The van der Waals surface area contributed by atoms with Crippen LogP contribution in [-0.4, -0.2) is 56.8 Å². The molecule has 0 radical (unpaired) electrons. The summed E-state index contributed by atoms with van der Waals surface area (Å²) in [5.41, 5.74) is 2.16. The zero-order valence-electron chi connectivity index (χ0n) is 27.5. The van der Waals surface area contributed by atoms with Gasteiger partial charge in [-0.05, 0) is 62.2 Å². The summed E-state index contributed by atoms with van der Waals surface area (Å²) in [5.74, 6) is -2.07. The standard InChI is InChI=1S/C36H37ClFN5O6/c1-20(44)31-26-16-24(40-34(47)21-7-5-9-23(15-21)41-35(48)49)11-14-28(26)43(33(31)36(2,3)4)19-30(46)42(25-12-13-25)18-29(45)39-17-22-8-6-10-27(37)32(22)38/h5-11,14-16,25,41H,12-13,17-19H2,1-4H3,(H,39,45)(H,40,47)(H,48,49). The molecule has 4 N–H and O–H groups in total. The molecule has 4 aromatic rings. The Balaban J connectivity index is 1.42. The first-order valence-corrected chi connectivity index (χ1v) is 16.1. The minimum atomic E-state index is -1.26. The average Bonchev–Trinajstić information content (AvgIpc) is 3.81. The number of halogens is 2. The minimum absolute atomic E-state index is 0.0464. The molecule has 0 saturated heterocycles. The number of carboxylic acid groups (broad SMARTS) is 1. The zero-order valence-corrected chi connectivity index (χ0v) is 28.3. The van der Waals surface area contributed by atoms with Crippen LogP contribution in [0.3, 0.4) is 0 Å². The Bertz CT molecular complexity index is 1980. The fourth-order valence-corrected chi connectivity index (χ4v) is 6.11. The molecule has 13 heteroatoms. The lowest BCUT2D eigenvalue weighted by atomic mass is 9.87. The van der Waals surface area contributed by atoms with Gasteiger partial charge in [-0.3, -0.25) is 24.5 Å².